The van der Waals surface area contributed by atoms with E-state index in [0.29, 0.717) is 6.61 Å². The molecule has 142 valence electrons. The van der Waals surface area contributed by atoms with E-state index in [9.17, 15) is 0 Å². The van der Waals surface area contributed by atoms with Crippen LogP contribution in [0.5, 0.6) is 5.75 Å². The van der Waals surface area contributed by atoms with Crippen LogP contribution in [0.4, 0.5) is 0 Å². The molecule has 0 bridgehead atoms. The van der Waals surface area contributed by atoms with Crippen LogP contribution in [-0.4, -0.2) is 21.9 Å². The molecular formula is C23H28N2OS. The van der Waals surface area contributed by atoms with Gasteiger partial charge in [-0.3, -0.25) is 4.57 Å². The lowest BCUT2D eigenvalue weighted by atomic mass is 9.87. The molecule has 27 heavy (non-hydrogen) atoms. The zero-order chi connectivity index (χ0) is 19.4. The van der Waals surface area contributed by atoms with Crippen molar-refractivity contribution >= 4 is 11.8 Å². The van der Waals surface area contributed by atoms with Crippen LogP contribution < -0.4 is 4.74 Å². The predicted octanol–water partition coefficient (Wildman–Crippen LogP) is 5.96. The van der Waals surface area contributed by atoms with E-state index in [-0.39, 0.29) is 5.41 Å². The van der Waals surface area contributed by atoms with Crippen molar-refractivity contribution < 1.29 is 4.74 Å². The molecular weight excluding hydrogens is 352 g/mol. The fourth-order valence-electron chi connectivity index (χ4n) is 2.90. The van der Waals surface area contributed by atoms with Crippen LogP contribution >= 0.6 is 11.8 Å². The number of benzene rings is 2. The lowest BCUT2D eigenvalue weighted by molar-refractivity contribution is 0.343. The molecule has 0 radical (unpaired) electrons. The van der Waals surface area contributed by atoms with Gasteiger partial charge < -0.3 is 4.74 Å². The Morgan fingerprint density at radius 3 is 2.26 bits per heavy atom. The molecule has 0 N–H and O–H groups in total. The summed E-state index contributed by atoms with van der Waals surface area (Å²) in [6.07, 6.45) is 0. The van der Waals surface area contributed by atoms with Crippen LogP contribution in [0, 0.1) is 13.8 Å². The number of nitrogens with zero attached hydrogens (tertiary/aromatic N) is 2. The van der Waals surface area contributed by atoms with E-state index < -0.39 is 0 Å². The summed E-state index contributed by atoms with van der Waals surface area (Å²) in [6, 6.07) is 18.8. The molecule has 3 nitrogen and oxygen atoms in total. The molecule has 0 aliphatic heterocycles. The summed E-state index contributed by atoms with van der Waals surface area (Å²) in [6.45, 7) is 11.5. The molecule has 0 amide bonds. The number of thioether (sulfide) groups is 1. The Kier molecular flexibility index (Phi) is 5.95. The van der Waals surface area contributed by atoms with Gasteiger partial charge in [-0.05, 0) is 49.1 Å². The van der Waals surface area contributed by atoms with Gasteiger partial charge in [-0.1, -0.05) is 62.9 Å². The van der Waals surface area contributed by atoms with E-state index in [0.717, 1.165) is 28.0 Å². The molecule has 0 saturated carbocycles. The van der Waals surface area contributed by atoms with Gasteiger partial charge in [-0.25, -0.2) is 4.98 Å². The summed E-state index contributed by atoms with van der Waals surface area (Å²) < 4.78 is 8.14. The monoisotopic (exact) mass is 380 g/mol. The Morgan fingerprint density at radius 1 is 0.963 bits per heavy atom. The summed E-state index contributed by atoms with van der Waals surface area (Å²) >= 11 is 1.73. The molecule has 4 heteroatoms. The van der Waals surface area contributed by atoms with Gasteiger partial charge in [0.2, 0.25) is 0 Å². The van der Waals surface area contributed by atoms with Crippen molar-refractivity contribution in [2.24, 2.45) is 0 Å². The van der Waals surface area contributed by atoms with Crippen LogP contribution in [0.3, 0.4) is 0 Å². The maximum atomic E-state index is 5.92. The van der Waals surface area contributed by atoms with E-state index in [4.69, 9.17) is 9.72 Å². The van der Waals surface area contributed by atoms with Crippen LogP contribution in [0.2, 0.25) is 0 Å². The standard InChI is InChI=1S/C23H28N2OS/c1-17-18(2)25(20-9-7-6-8-10-20)22(24-17)27-16-15-26-21-13-11-19(12-14-21)23(3,4)5/h6-14H,15-16H2,1-5H3. The van der Waals surface area contributed by atoms with Gasteiger partial charge in [0.1, 0.15) is 5.75 Å². The molecule has 0 aliphatic rings. The maximum absolute atomic E-state index is 5.92. The number of rotatable bonds is 6. The van der Waals surface area contributed by atoms with Crippen LogP contribution in [0.15, 0.2) is 59.8 Å². The van der Waals surface area contributed by atoms with Gasteiger partial charge in [0.15, 0.2) is 5.16 Å². The van der Waals surface area contributed by atoms with E-state index in [2.05, 4.69) is 87.7 Å². The average molecular weight is 381 g/mol. The van der Waals surface area contributed by atoms with Gasteiger partial charge >= 0.3 is 0 Å². The van der Waals surface area contributed by atoms with Crippen molar-refractivity contribution in [3.63, 3.8) is 0 Å². The summed E-state index contributed by atoms with van der Waals surface area (Å²) in [5, 5.41) is 1.02. The van der Waals surface area contributed by atoms with Gasteiger partial charge in [-0.2, -0.15) is 0 Å². The van der Waals surface area contributed by atoms with Crippen molar-refractivity contribution in [2.45, 2.75) is 45.2 Å². The number of ether oxygens (including phenoxy) is 1. The number of aryl methyl sites for hydroxylation is 1. The molecule has 0 atom stereocenters. The Hall–Kier alpha value is -2.20. The second kappa shape index (κ2) is 8.22. The average Bonchev–Trinajstić information content (AvgIpc) is 2.93. The molecule has 0 unspecified atom stereocenters. The molecule has 3 rings (SSSR count). The Balaban J connectivity index is 1.61. The number of imidazole rings is 1. The molecule has 0 spiro atoms. The topological polar surface area (TPSA) is 27.1 Å². The fraction of sp³-hybridized carbons (Fsp3) is 0.348. The Labute approximate surface area is 166 Å². The largest absolute Gasteiger partial charge is 0.493 e. The molecule has 0 fully saturated rings. The fourth-order valence-corrected chi connectivity index (χ4v) is 3.82. The molecule has 1 aromatic heterocycles. The highest BCUT2D eigenvalue weighted by Crippen LogP contribution is 2.26. The lowest BCUT2D eigenvalue weighted by Crippen LogP contribution is -2.10. The minimum Gasteiger partial charge on any atom is -0.493 e. The summed E-state index contributed by atoms with van der Waals surface area (Å²) in [5.74, 6) is 1.77. The van der Waals surface area contributed by atoms with Gasteiger partial charge in [0, 0.05) is 17.1 Å². The van der Waals surface area contributed by atoms with Crippen molar-refractivity contribution in [1.82, 2.24) is 9.55 Å². The van der Waals surface area contributed by atoms with Gasteiger partial charge in [0.25, 0.3) is 0 Å². The van der Waals surface area contributed by atoms with Crippen molar-refractivity contribution in [2.75, 3.05) is 12.4 Å². The smallest absolute Gasteiger partial charge is 0.173 e. The third-order valence-electron chi connectivity index (χ3n) is 4.63. The highest BCUT2D eigenvalue weighted by atomic mass is 32.2. The van der Waals surface area contributed by atoms with Crippen LogP contribution in [0.1, 0.15) is 37.7 Å². The van der Waals surface area contributed by atoms with Gasteiger partial charge in [0.05, 0.1) is 12.3 Å². The normalized spacial score (nSPS) is 11.6. The second-order valence-corrected chi connectivity index (χ2v) is 8.77. The first kappa shape index (κ1) is 19.6. The Morgan fingerprint density at radius 2 is 1.63 bits per heavy atom. The molecule has 1 heterocycles. The quantitative estimate of drug-likeness (QED) is 0.390. The van der Waals surface area contributed by atoms with Crippen molar-refractivity contribution in [3.05, 3.63) is 71.5 Å². The summed E-state index contributed by atoms with van der Waals surface area (Å²) in [7, 11) is 0. The van der Waals surface area contributed by atoms with Gasteiger partial charge in [-0.15, -0.1) is 0 Å². The maximum Gasteiger partial charge on any atom is 0.173 e. The van der Waals surface area contributed by atoms with Crippen LogP contribution in [0.25, 0.3) is 5.69 Å². The Bertz CT molecular complexity index is 877. The van der Waals surface area contributed by atoms with Crippen LogP contribution in [-0.2, 0) is 5.41 Å². The molecule has 0 saturated heterocycles. The molecule has 2 aromatic carbocycles. The third kappa shape index (κ3) is 4.75. The van der Waals surface area contributed by atoms with E-state index >= 15 is 0 Å². The van der Waals surface area contributed by atoms with E-state index in [1.807, 2.05) is 6.07 Å². The lowest BCUT2D eigenvalue weighted by Gasteiger charge is -2.19. The first-order chi connectivity index (χ1) is 12.9. The highest BCUT2D eigenvalue weighted by molar-refractivity contribution is 7.99. The van der Waals surface area contributed by atoms with E-state index in [1.54, 1.807) is 11.8 Å². The minimum atomic E-state index is 0.165. The summed E-state index contributed by atoms with van der Waals surface area (Å²) in [5.41, 5.74) is 4.89. The molecule has 0 aliphatic carbocycles. The number of hydrogen-bond acceptors (Lipinski definition) is 3. The predicted molar refractivity (Wildman–Crippen MR) is 114 cm³/mol. The third-order valence-corrected chi connectivity index (χ3v) is 5.53. The zero-order valence-electron chi connectivity index (χ0n) is 16.8. The first-order valence-electron chi connectivity index (χ1n) is 9.34. The zero-order valence-corrected chi connectivity index (χ0v) is 17.6. The minimum absolute atomic E-state index is 0.165. The SMILES string of the molecule is Cc1nc(SCCOc2ccc(C(C)(C)C)cc2)n(-c2ccccc2)c1C. The number of hydrogen-bond donors (Lipinski definition) is 0. The number of aromatic nitrogens is 2. The first-order valence-corrected chi connectivity index (χ1v) is 10.3. The summed E-state index contributed by atoms with van der Waals surface area (Å²) in [4.78, 5) is 4.74. The highest BCUT2D eigenvalue weighted by Gasteiger charge is 2.14. The van der Waals surface area contributed by atoms with E-state index in [1.165, 1.54) is 11.3 Å². The number of para-hydroxylation sites is 1. The van der Waals surface area contributed by atoms with Crippen molar-refractivity contribution in [1.29, 1.82) is 0 Å². The molecule has 3 aromatic rings. The van der Waals surface area contributed by atoms with Crippen molar-refractivity contribution in [3.8, 4) is 11.4 Å². The second-order valence-electron chi connectivity index (χ2n) is 7.71.